The molecule has 0 aliphatic rings. The molecule has 0 fully saturated rings. The molecule has 4 N–H and O–H groups in total. The molecule has 1 atom stereocenters. The van der Waals surface area contributed by atoms with Crippen molar-refractivity contribution in [2.45, 2.75) is 32.8 Å². The second-order valence-electron chi connectivity index (χ2n) is 7.60. The molecule has 2 aromatic rings. The van der Waals surface area contributed by atoms with Crippen LogP contribution in [0.3, 0.4) is 0 Å². The van der Waals surface area contributed by atoms with Crippen molar-refractivity contribution < 1.29 is 29.4 Å². The fourth-order valence-corrected chi connectivity index (χ4v) is 3.03. The third-order valence-corrected chi connectivity index (χ3v) is 4.72. The molecule has 8 nitrogen and oxygen atoms in total. The van der Waals surface area contributed by atoms with Crippen molar-refractivity contribution in [1.82, 2.24) is 10.8 Å². The molecule has 0 saturated heterocycles. The van der Waals surface area contributed by atoms with Crippen LogP contribution in [0.2, 0.25) is 0 Å². The van der Waals surface area contributed by atoms with Crippen LogP contribution in [0.25, 0.3) is 0 Å². The van der Waals surface area contributed by atoms with Gasteiger partial charge in [-0.1, -0.05) is 50.3 Å². The first-order chi connectivity index (χ1) is 14.7. The summed E-state index contributed by atoms with van der Waals surface area (Å²) in [5.74, 6) is -1.14. The van der Waals surface area contributed by atoms with Crippen molar-refractivity contribution >= 4 is 17.9 Å². The second-order valence-corrected chi connectivity index (χ2v) is 7.60. The zero-order chi connectivity index (χ0) is 22.9. The van der Waals surface area contributed by atoms with Crippen LogP contribution in [-0.4, -0.2) is 28.2 Å². The van der Waals surface area contributed by atoms with Crippen LogP contribution < -0.4 is 10.8 Å². The number of ether oxygens (including phenoxy) is 1. The van der Waals surface area contributed by atoms with Crippen molar-refractivity contribution in [3.63, 3.8) is 0 Å². The standard InChI is InChI=1S/C23H26N2O6/c1-23(2,15-7-6-10-19(27)25-30)20(16-11-13-18(26)14-12-16)31-22(29)24-21(28)17-8-4-3-5-9-17/h3-6,8-14,20,26,30H,7,15H2,1-2H3,(H,25,27)(H,24,28,29)/b10-6+/t20-/m0/s1. The molecule has 0 saturated carbocycles. The van der Waals surface area contributed by atoms with Crippen molar-refractivity contribution in [1.29, 1.82) is 0 Å². The van der Waals surface area contributed by atoms with Crippen molar-refractivity contribution in [3.05, 3.63) is 77.9 Å². The lowest BCUT2D eigenvalue weighted by Gasteiger charge is -2.34. The Kier molecular flexibility index (Phi) is 8.33. The summed E-state index contributed by atoms with van der Waals surface area (Å²) in [6.07, 6.45) is 2.17. The second kappa shape index (κ2) is 10.9. The van der Waals surface area contributed by atoms with E-state index in [-0.39, 0.29) is 5.75 Å². The van der Waals surface area contributed by atoms with Gasteiger partial charge in [0.25, 0.3) is 11.8 Å². The smallest absolute Gasteiger partial charge is 0.414 e. The minimum absolute atomic E-state index is 0.0713. The van der Waals surface area contributed by atoms with E-state index in [4.69, 9.17) is 9.94 Å². The van der Waals surface area contributed by atoms with Gasteiger partial charge in [0.2, 0.25) is 0 Å². The van der Waals surface area contributed by atoms with E-state index >= 15 is 0 Å². The Hall–Kier alpha value is -3.65. The monoisotopic (exact) mass is 426 g/mol. The molecule has 8 heteroatoms. The Morgan fingerprint density at radius 3 is 2.32 bits per heavy atom. The summed E-state index contributed by atoms with van der Waals surface area (Å²) in [6.45, 7) is 3.77. The number of phenols is 1. The molecule has 0 aliphatic carbocycles. The number of rotatable bonds is 8. The number of nitrogens with one attached hydrogen (secondary N) is 2. The third-order valence-electron chi connectivity index (χ3n) is 4.72. The average Bonchev–Trinajstić information content (AvgIpc) is 2.76. The molecule has 0 heterocycles. The van der Waals surface area contributed by atoms with Crippen LogP contribution in [0.5, 0.6) is 5.75 Å². The first-order valence-electron chi connectivity index (χ1n) is 9.69. The Morgan fingerprint density at radius 2 is 1.71 bits per heavy atom. The summed E-state index contributed by atoms with van der Waals surface area (Å²) >= 11 is 0. The maximum Gasteiger partial charge on any atom is 0.414 e. The molecule has 0 bridgehead atoms. The molecule has 0 unspecified atom stereocenters. The normalized spacial score (nSPS) is 12.2. The molecule has 0 spiro atoms. The van der Waals surface area contributed by atoms with Gasteiger partial charge in [0.05, 0.1) is 0 Å². The van der Waals surface area contributed by atoms with E-state index in [1.165, 1.54) is 23.7 Å². The number of amides is 3. The van der Waals surface area contributed by atoms with E-state index in [2.05, 4.69) is 5.32 Å². The van der Waals surface area contributed by atoms with Gasteiger partial charge in [0.15, 0.2) is 0 Å². The Labute approximate surface area is 180 Å². The molecule has 164 valence electrons. The first kappa shape index (κ1) is 23.6. The van der Waals surface area contributed by atoms with Crippen molar-refractivity contribution in [3.8, 4) is 5.75 Å². The minimum atomic E-state index is -0.893. The number of carbonyl (C=O) groups is 3. The number of phenolic OH excluding ortho intramolecular Hbond substituents is 1. The van der Waals surface area contributed by atoms with E-state index in [1.807, 2.05) is 13.8 Å². The summed E-state index contributed by atoms with van der Waals surface area (Å²) in [5, 5.41) is 20.4. The molecule has 3 amide bonds. The van der Waals surface area contributed by atoms with Crippen LogP contribution >= 0.6 is 0 Å². The van der Waals surface area contributed by atoms with Crippen LogP contribution in [0.15, 0.2) is 66.7 Å². The molecule has 0 aliphatic heterocycles. The van der Waals surface area contributed by atoms with Gasteiger partial charge in [0.1, 0.15) is 11.9 Å². The summed E-state index contributed by atoms with van der Waals surface area (Å²) < 4.78 is 5.64. The number of hydroxylamine groups is 1. The van der Waals surface area contributed by atoms with Crippen molar-refractivity contribution in [2.75, 3.05) is 0 Å². The van der Waals surface area contributed by atoms with Crippen LogP contribution in [0, 0.1) is 5.41 Å². The van der Waals surface area contributed by atoms with Crippen LogP contribution in [-0.2, 0) is 9.53 Å². The summed E-state index contributed by atoms with van der Waals surface area (Å²) in [7, 11) is 0. The summed E-state index contributed by atoms with van der Waals surface area (Å²) in [4.78, 5) is 35.8. The van der Waals surface area contributed by atoms with E-state index < -0.39 is 29.4 Å². The molecule has 0 radical (unpaired) electrons. The number of hydrogen-bond acceptors (Lipinski definition) is 6. The fraction of sp³-hybridized carbons (Fsp3) is 0.261. The highest BCUT2D eigenvalue weighted by Crippen LogP contribution is 2.41. The zero-order valence-electron chi connectivity index (χ0n) is 17.4. The Balaban J connectivity index is 2.15. The van der Waals surface area contributed by atoms with Crippen LogP contribution in [0.1, 0.15) is 48.7 Å². The number of carbonyl (C=O) groups excluding carboxylic acids is 3. The van der Waals surface area contributed by atoms with Crippen LogP contribution in [0.4, 0.5) is 4.79 Å². The molecule has 2 aromatic carbocycles. The van der Waals surface area contributed by atoms with Gasteiger partial charge in [0, 0.05) is 17.1 Å². The van der Waals surface area contributed by atoms with Crippen molar-refractivity contribution in [2.24, 2.45) is 5.41 Å². The van der Waals surface area contributed by atoms with Gasteiger partial charge >= 0.3 is 6.09 Å². The van der Waals surface area contributed by atoms with Gasteiger partial charge in [-0.2, -0.15) is 0 Å². The van der Waals surface area contributed by atoms with E-state index in [0.29, 0.717) is 24.0 Å². The van der Waals surface area contributed by atoms with Gasteiger partial charge in [-0.3, -0.25) is 20.1 Å². The number of aromatic hydroxyl groups is 1. The number of alkyl carbamates (subject to hydrolysis) is 1. The molecule has 0 aromatic heterocycles. The lowest BCUT2D eigenvalue weighted by Crippen LogP contribution is -2.35. The molecular formula is C23H26N2O6. The maximum atomic E-state index is 12.5. The number of imide groups is 1. The van der Waals surface area contributed by atoms with Gasteiger partial charge in [-0.15, -0.1) is 0 Å². The van der Waals surface area contributed by atoms with E-state index in [1.54, 1.807) is 48.5 Å². The number of hydrogen-bond donors (Lipinski definition) is 4. The maximum absolute atomic E-state index is 12.5. The molecular weight excluding hydrogens is 400 g/mol. The van der Waals surface area contributed by atoms with E-state index in [0.717, 1.165) is 0 Å². The molecule has 2 rings (SSSR count). The Morgan fingerprint density at radius 1 is 1.06 bits per heavy atom. The average molecular weight is 426 g/mol. The topological polar surface area (TPSA) is 125 Å². The van der Waals surface area contributed by atoms with Gasteiger partial charge < -0.3 is 9.84 Å². The zero-order valence-corrected chi connectivity index (χ0v) is 17.4. The lowest BCUT2D eigenvalue weighted by molar-refractivity contribution is -0.124. The highest BCUT2D eigenvalue weighted by molar-refractivity contribution is 6.02. The molecule has 31 heavy (non-hydrogen) atoms. The van der Waals surface area contributed by atoms with Gasteiger partial charge in [-0.05, 0) is 42.7 Å². The highest BCUT2D eigenvalue weighted by atomic mass is 16.6. The van der Waals surface area contributed by atoms with E-state index in [9.17, 15) is 19.5 Å². The Bertz CT molecular complexity index is 923. The minimum Gasteiger partial charge on any atom is -0.508 e. The highest BCUT2D eigenvalue weighted by Gasteiger charge is 2.34. The largest absolute Gasteiger partial charge is 0.508 e. The fourth-order valence-electron chi connectivity index (χ4n) is 3.03. The third kappa shape index (κ3) is 7.27. The summed E-state index contributed by atoms with van der Waals surface area (Å²) in [5.41, 5.74) is 1.89. The number of allylic oxidation sites excluding steroid dienone is 1. The van der Waals surface area contributed by atoms with Gasteiger partial charge in [-0.25, -0.2) is 10.3 Å². The predicted molar refractivity (Wildman–Crippen MR) is 113 cm³/mol. The quantitative estimate of drug-likeness (QED) is 0.289. The summed E-state index contributed by atoms with van der Waals surface area (Å²) in [6, 6.07) is 14.6. The predicted octanol–water partition coefficient (Wildman–Crippen LogP) is 3.87. The lowest BCUT2D eigenvalue weighted by atomic mass is 9.78. The SMILES string of the molecule is CC(C)(CC/C=C/C(=O)NO)[C@@H](OC(=O)NC(=O)c1ccccc1)c1ccc(O)cc1. The number of benzene rings is 2. The first-order valence-corrected chi connectivity index (χ1v) is 9.69.